The smallest absolute Gasteiger partial charge is 0.251 e. The number of carbonyl (C=O) groups is 2. The number of ether oxygens (including phenoxy) is 2. The van der Waals surface area contributed by atoms with Gasteiger partial charge in [-0.3, -0.25) is 9.59 Å². The molecular weight excluding hydrogens is 415 g/mol. The zero-order chi connectivity index (χ0) is 22.8. The van der Waals surface area contributed by atoms with Gasteiger partial charge in [-0.2, -0.15) is 5.10 Å². The summed E-state index contributed by atoms with van der Waals surface area (Å²) in [5, 5.41) is 10.2. The Balaban J connectivity index is 1.63. The maximum Gasteiger partial charge on any atom is 0.251 e. The molecule has 2 aromatic carbocycles. The van der Waals surface area contributed by atoms with Gasteiger partial charge in [-0.1, -0.05) is 13.0 Å². The molecule has 1 unspecified atom stereocenters. The van der Waals surface area contributed by atoms with Crippen molar-refractivity contribution in [2.45, 2.75) is 25.8 Å². The highest BCUT2D eigenvalue weighted by molar-refractivity contribution is 6.04. The van der Waals surface area contributed by atoms with Crippen LogP contribution in [0.3, 0.4) is 0 Å². The molecule has 0 aliphatic carbocycles. The van der Waals surface area contributed by atoms with Gasteiger partial charge in [0.15, 0.2) is 11.5 Å². The lowest BCUT2D eigenvalue weighted by atomic mass is 10.0. The fourth-order valence-electron chi connectivity index (χ4n) is 3.78. The van der Waals surface area contributed by atoms with E-state index in [1.54, 1.807) is 25.0 Å². The second-order valence-corrected chi connectivity index (χ2v) is 7.30. The van der Waals surface area contributed by atoms with Gasteiger partial charge >= 0.3 is 0 Å². The number of aromatic nitrogens is 2. The van der Waals surface area contributed by atoms with E-state index in [0.29, 0.717) is 29.4 Å². The standard InChI is InChI=1S/C23H23FN4O4/c1-4-16-21(13-5-10-18(31-2)19(11-13)32-3)22-26-23(30)17(28(22)27-16)12-20(29)25-15-8-6-14(24)7-9-15/h5-11,17H,4,12H2,1-3H3,(H,25,29)(H,26,30). The van der Waals surface area contributed by atoms with E-state index in [4.69, 9.17) is 9.47 Å². The van der Waals surface area contributed by atoms with Crippen molar-refractivity contribution >= 4 is 23.3 Å². The zero-order valence-corrected chi connectivity index (χ0v) is 17.9. The largest absolute Gasteiger partial charge is 0.493 e. The van der Waals surface area contributed by atoms with Gasteiger partial charge in [0.05, 0.1) is 26.3 Å². The lowest BCUT2D eigenvalue weighted by Gasteiger charge is -2.10. The molecule has 0 bridgehead atoms. The van der Waals surface area contributed by atoms with Crippen LogP contribution < -0.4 is 20.1 Å². The first kappa shape index (κ1) is 21.4. The minimum Gasteiger partial charge on any atom is -0.493 e. The summed E-state index contributed by atoms with van der Waals surface area (Å²) in [5.41, 5.74) is 2.84. The monoisotopic (exact) mass is 438 g/mol. The summed E-state index contributed by atoms with van der Waals surface area (Å²) in [5.74, 6) is 0.619. The van der Waals surface area contributed by atoms with Crippen molar-refractivity contribution in [2.24, 2.45) is 0 Å². The molecule has 0 fully saturated rings. The second kappa shape index (κ2) is 8.70. The van der Waals surface area contributed by atoms with Crippen molar-refractivity contribution in [2.75, 3.05) is 24.9 Å². The van der Waals surface area contributed by atoms with E-state index < -0.39 is 11.9 Å². The van der Waals surface area contributed by atoms with E-state index in [1.165, 1.54) is 24.3 Å². The van der Waals surface area contributed by atoms with Gasteiger partial charge < -0.3 is 20.1 Å². The lowest BCUT2D eigenvalue weighted by Crippen LogP contribution is -2.23. The Morgan fingerprint density at radius 2 is 1.88 bits per heavy atom. The summed E-state index contributed by atoms with van der Waals surface area (Å²) in [6, 6.07) is 10.2. The van der Waals surface area contributed by atoms with E-state index in [-0.39, 0.29) is 18.2 Å². The van der Waals surface area contributed by atoms with Crippen LogP contribution in [0.1, 0.15) is 25.1 Å². The lowest BCUT2D eigenvalue weighted by molar-refractivity contribution is -0.123. The number of anilines is 2. The normalized spacial score (nSPS) is 14.6. The van der Waals surface area contributed by atoms with Crippen LogP contribution in [0, 0.1) is 5.82 Å². The number of nitrogens with zero attached hydrogens (tertiary/aromatic N) is 2. The van der Waals surface area contributed by atoms with Crippen LogP contribution in [0.4, 0.5) is 15.9 Å². The molecule has 32 heavy (non-hydrogen) atoms. The van der Waals surface area contributed by atoms with E-state index >= 15 is 0 Å². The van der Waals surface area contributed by atoms with Crippen molar-refractivity contribution in [3.63, 3.8) is 0 Å². The first-order chi connectivity index (χ1) is 15.4. The van der Waals surface area contributed by atoms with Gasteiger partial charge in [0.1, 0.15) is 17.7 Å². The fraction of sp³-hybridized carbons (Fsp3) is 0.261. The van der Waals surface area contributed by atoms with Crippen LogP contribution in [-0.2, 0) is 16.0 Å². The highest BCUT2D eigenvalue weighted by Gasteiger charge is 2.37. The van der Waals surface area contributed by atoms with E-state index in [1.807, 2.05) is 19.1 Å². The van der Waals surface area contributed by atoms with Crippen LogP contribution in [0.5, 0.6) is 11.5 Å². The van der Waals surface area contributed by atoms with Crippen LogP contribution >= 0.6 is 0 Å². The van der Waals surface area contributed by atoms with Crippen LogP contribution in [0.25, 0.3) is 11.1 Å². The molecule has 4 rings (SSSR count). The molecular formula is C23H23FN4O4. The number of fused-ring (bicyclic) bond motifs is 1. The number of nitrogens with one attached hydrogen (secondary N) is 2. The fourth-order valence-corrected chi connectivity index (χ4v) is 3.78. The summed E-state index contributed by atoms with van der Waals surface area (Å²) in [7, 11) is 3.12. The van der Waals surface area contributed by atoms with E-state index in [2.05, 4.69) is 15.7 Å². The molecule has 9 heteroatoms. The Hall–Kier alpha value is -3.88. The number of hydrogen-bond donors (Lipinski definition) is 2. The summed E-state index contributed by atoms with van der Waals surface area (Å²) < 4.78 is 25.4. The van der Waals surface area contributed by atoms with Gasteiger partial charge in [0.25, 0.3) is 5.91 Å². The summed E-state index contributed by atoms with van der Waals surface area (Å²) in [6.07, 6.45) is 0.528. The Kier molecular flexibility index (Phi) is 5.81. The molecule has 1 aliphatic rings. The number of amides is 2. The van der Waals surface area contributed by atoms with Gasteiger partial charge in [-0.05, 0) is 48.4 Å². The highest BCUT2D eigenvalue weighted by Crippen LogP contribution is 2.41. The summed E-state index contributed by atoms with van der Waals surface area (Å²) in [6.45, 7) is 1.97. The third-order valence-electron chi connectivity index (χ3n) is 5.34. The third kappa shape index (κ3) is 3.89. The predicted octanol–water partition coefficient (Wildman–Crippen LogP) is 3.79. The van der Waals surface area contributed by atoms with Crippen LogP contribution in [-0.4, -0.2) is 35.8 Å². The van der Waals surface area contributed by atoms with Crippen molar-refractivity contribution in [1.82, 2.24) is 9.78 Å². The number of methoxy groups -OCH3 is 2. The second-order valence-electron chi connectivity index (χ2n) is 7.30. The molecule has 1 aromatic heterocycles. The number of carbonyl (C=O) groups excluding carboxylic acids is 2. The average Bonchev–Trinajstić information content (AvgIpc) is 3.29. The molecule has 0 spiro atoms. The average molecular weight is 438 g/mol. The molecule has 1 atom stereocenters. The molecule has 2 amide bonds. The van der Waals surface area contributed by atoms with Gasteiger partial charge in [0.2, 0.25) is 5.91 Å². The molecule has 0 saturated carbocycles. The minimum atomic E-state index is -0.787. The first-order valence-electron chi connectivity index (χ1n) is 10.1. The zero-order valence-electron chi connectivity index (χ0n) is 17.9. The summed E-state index contributed by atoms with van der Waals surface area (Å²) >= 11 is 0. The van der Waals surface area contributed by atoms with Crippen molar-refractivity contribution in [3.05, 3.63) is 54.0 Å². The number of rotatable bonds is 7. The van der Waals surface area contributed by atoms with Gasteiger partial charge in [0, 0.05) is 11.3 Å². The Morgan fingerprint density at radius 1 is 1.16 bits per heavy atom. The molecule has 3 aromatic rings. The van der Waals surface area contributed by atoms with Crippen molar-refractivity contribution < 1.29 is 23.5 Å². The van der Waals surface area contributed by atoms with Gasteiger partial charge in [-0.25, -0.2) is 9.07 Å². The molecule has 2 heterocycles. The quantitative estimate of drug-likeness (QED) is 0.585. The maximum atomic E-state index is 13.1. The molecule has 2 N–H and O–H groups in total. The Bertz CT molecular complexity index is 1170. The molecule has 0 saturated heterocycles. The van der Waals surface area contributed by atoms with E-state index in [0.717, 1.165) is 16.8 Å². The Morgan fingerprint density at radius 3 is 2.53 bits per heavy atom. The maximum absolute atomic E-state index is 13.1. The van der Waals surface area contributed by atoms with Crippen molar-refractivity contribution in [3.8, 4) is 22.6 Å². The molecule has 8 nitrogen and oxygen atoms in total. The number of aryl methyl sites for hydroxylation is 1. The third-order valence-corrected chi connectivity index (χ3v) is 5.34. The van der Waals surface area contributed by atoms with Crippen LogP contribution in [0.2, 0.25) is 0 Å². The SMILES string of the molecule is CCc1nn2c(c1-c1ccc(OC)c(OC)c1)NC(=O)C2CC(=O)Nc1ccc(F)cc1. The molecule has 1 aliphatic heterocycles. The Labute approximate surface area is 184 Å². The van der Waals surface area contributed by atoms with Gasteiger partial charge in [-0.15, -0.1) is 0 Å². The first-order valence-corrected chi connectivity index (χ1v) is 10.1. The number of hydrogen-bond acceptors (Lipinski definition) is 5. The highest BCUT2D eigenvalue weighted by atomic mass is 19.1. The predicted molar refractivity (Wildman–Crippen MR) is 117 cm³/mol. The molecule has 166 valence electrons. The molecule has 0 radical (unpaired) electrons. The topological polar surface area (TPSA) is 94.5 Å². The van der Waals surface area contributed by atoms with Crippen LogP contribution in [0.15, 0.2) is 42.5 Å². The summed E-state index contributed by atoms with van der Waals surface area (Å²) in [4.78, 5) is 25.2. The van der Waals surface area contributed by atoms with E-state index in [9.17, 15) is 14.0 Å². The minimum absolute atomic E-state index is 0.105. The van der Waals surface area contributed by atoms with Crippen molar-refractivity contribution in [1.29, 1.82) is 0 Å². The number of benzene rings is 2. The number of halogens is 1.